The van der Waals surface area contributed by atoms with Crippen molar-refractivity contribution in [2.24, 2.45) is 11.8 Å². The van der Waals surface area contributed by atoms with Crippen LogP contribution in [-0.4, -0.2) is 26.3 Å². The second-order valence-corrected chi connectivity index (χ2v) is 5.16. The lowest BCUT2D eigenvalue weighted by molar-refractivity contribution is 0.0545. The van der Waals surface area contributed by atoms with Gasteiger partial charge in [-0.15, -0.1) is 0 Å². The van der Waals surface area contributed by atoms with Gasteiger partial charge in [0.05, 0.1) is 6.61 Å². The van der Waals surface area contributed by atoms with E-state index in [0.29, 0.717) is 0 Å². The van der Waals surface area contributed by atoms with E-state index in [9.17, 15) is 0 Å². The molecular weight excluding hydrogens is 198 g/mol. The van der Waals surface area contributed by atoms with Gasteiger partial charge >= 0.3 is 0 Å². The molecule has 2 nitrogen and oxygen atoms in total. The van der Waals surface area contributed by atoms with Crippen LogP contribution in [0.15, 0.2) is 0 Å². The average molecular weight is 227 g/mol. The molecule has 1 fully saturated rings. The van der Waals surface area contributed by atoms with Crippen LogP contribution in [0.25, 0.3) is 0 Å². The largest absolute Gasteiger partial charge is 0.381 e. The number of ether oxygens (including phenoxy) is 1. The van der Waals surface area contributed by atoms with Gasteiger partial charge in [0.1, 0.15) is 0 Å². The second-order valence-electron chi connectivity index (χ2n) is 5.16. The van der Waals surface area contributed by atoms with Crippen molar-refractivity contribution in [3.63, 3.8) is 0 Å². The molecule has 0 radical (unpaired) electrons. The van der Waals surface area contributed by atoms with Crippen molar-refractivity contribution in [1.82, 2.24) is 5.32 Å². The number of hydrogen-bond acceptors (Lipinski definition) is 2. The summed E-state index contributed by atoms with van der Waals surface area (Å²) in [6.45, 7) is 8.89. The first-order valence-electron chi connectivity index (χ1n) is 7.15. The number of hydrogen-bond donors (Lipinski definition) is 1. The molecule has 1 saturated heterocycles. The highest BCUT2D eigenvalue weighted by Crippen LogP contribution is 2.14. The summed E-state index contributed by atoms with van der Waals surface area (Å²) in [5.74, 6) is 1.64. The molecule has 2 atom stereocenters. The first-order valence-corrected chi connectivity index (χ1v) is 7.15. The van der Waals surface area contributed by atoms with Crippen LogP contribution in [0.5, 0.6) is 0 Å². The molecule has 0 saturated carbocycles. The van der Waals surface area contributed by atoms with Crippen LogP contribution >= 0.6 is 0 Å². The maximum Gasteiger partial charge on any atom is 0.0506 e. The minimum Gasteiger partial charge on any atom is -0.381 e. The third kappa shape index (κ3) is 5.86. The zero-order valence-corrected chi connectivity index (χ0v) is 11.1. The van der Waals surface area contributed by atoms with E-state index in [4.69, 9.17) is 4.74 Å². The molecule has 2 unspecified atom stereocenters. The van der Waals surface area contributed by atoms with Crippen LogP contribution < -0.4 is 5.32 Å². The lowest BCUT2D eigenvalue weighted by Gasteiger charge is -2.23. The molecule has 2 heteroatoms. The van der Waals surface area contributed by atoms with E-state index in [1.165, 1.54) is 45.1 Å². The SMILES string of the molecule is CCCCC(CC)CNCC1CCCOC1. The quantitative estimate of drug-likeness (QED) is 0.687. The minimum atomic E-state index is 0.762. The van der Waals surface area contributed by atoms with Gasteiger partial charge in [0, 0.05) is 13.2 Å². The van der Waals surface area contributed by atoms with Crippen molar-refractivity contribution in [3.05, 3.63) is 0 Å². The summed E-state index contributed by atoms with van der Waals surface area (Å²) in [7, 11) is 0. The summed E-state index contributed by atoms with van der Waals surface area (Å²) in [6, 6.07) is 0. The van der Waals surface area contributed by atoms with Crippen molar-refractivity contribution in [2.75, 3.05) is 26.3 Å². The zero-order chi connectivity index (χ0) is 11.6. The van der Waals surface area contributed by atoms with Gasteiger partial charge in [0.15, 0.2) is 0 Å². The van der Waals surface area contributed by atoms with E-state index in [1.54, 1.807) is 0 Å². The van der Waals surface area contributed by atoms with Crippen LogP contribution in [0.3, 0.4) is 0 Å². The van der Waals surface area contributed by atoms with E-state index in [1.807, 2.05) is 0 Å². The summed E-state index contributed by atoms with van der Waals surface area (Å²) in [4.78, 5) is 0. The Labute approximate surface area is 101 Å². The molecule has 1 aliphatic rings. The molecule has 0 aromatic rings. The minimum absolute atomic E-state index is 0.762. The maximum absolute atomic E-state index is 5.49. The molecule has 16 heavy (non-hydrogen) atoms. The van der Waals surface area contributed by atoms with Crippen LogP contribution in [0.4, 0.5) is 0 Å². The first kappa shape index (κ1) is 14.0. The molecule has 0 aliphatic carbocycles. The Morgan fingerprint density at radius 1 is 1.38 bits per heavy atom. The highest BCUT2D eigenvalue weighted by Gasteiger charge is 2.13. The van der Waals surface area contributed by atoms with Crippen LogP contribution in [0.1, 0.15) is 52.4 Å². The number of rotatable bonds is 8. The Hall–Kier alpha value is -0.0800. The smallest absolute Gasteiger partial charge is 0.0506 e. The first-order chi connectivity index (χ1) is 7.86. The molecule has 0 spiro atoms. The summed E-state index contributed by atoms with van der Waals surface area (Å²) < 4.78 is 5.49. The van der Waals surface area contributed by atoms with Gasteiger partial charge in [-0.3, -0.25) is 0 Å². The lowest BCUT2D eigenvalue weighted by Crippen LogP contribution is -2.32. The van der Waals surface area contributed by atoms with Gasteiger partial charge < -0.3 is 10.1 Å². The van der Waals surface area contributed by atoms with Crippen molar-refractivity contribution in [3.8, 4) is 0 Å². The number of nitrogens with one attached hydrogen (secondary N) is 1. The summed E-state index contributed by atoms with van der Waals surface area (Å²) in [5.41, 5.74) is 0. The van der Waals surface area contributed by atoms with Crippen LogP contribution in [0.2, 0.25) is 0 Å². The molecule has 1 N–H and O–H groups in total. The fourth-order valence-corrected chi connectivity index (χ4v) is 2.40. The van der Waals surface area contributed by atoms with Gasteiger partial charge in [0.2, 0.25) is 0 Å². The molecule has 1 rings (SSSR count). The molecule has 1 heterocycles. The van der Waals surface area contributed by atoms with Crippen molar-refractivity contribution >= 4 is 0 Å². The maximum atomic E-state index is 5.49. The van der Waals surface area contributed by atoms with E-state index in [0.717, 1.165) is 31.6 Å². The highest BCUT2D eigenvalue weighted by atomic mass is 16.5. The summed E-state index contributed by atoms with van der Waals surface area (Å²) in [5, 5.41) is 3.64. The van der Waals surface area contributed by atoms with Gasteiger partial charge in [-0.2, -0.15) is 0 Å². The highest BCUT2D eigenvalue weighted by molar-refractivity contribution is 4.68. The van der Waals surface area contributed by atoms with Gasteiger partial charge in [-0.1, -0.05) is 33.1 Å². The Kier molecular flexibility index (Phi) is 7.87. The van der Waals surface area contributed by atoms with Gasteiger partial charge in [-0.25, -0.2) is 0 Å². The van der Waals surface area contributed by atoms with E-state index >= 15 is 0 Å². The topological polar surface area (TPSA) is 21.3 Å². The van der Waals surface area contributed by atoms with Crippen molar-refractivity contribution < 1.29 is 4.74 Å². The Balaban J connectivity index is 2.02. The predicted octanol–water partition coefficient (Wildman–Crippen LogP) is 3.22. The molecule has 96 valence electrons. The monoisotopic (exact) mass is 227 g/mol. The van der Waals surface area contributed by atoms with E-state index < -0.39 is 0 Å². The van der Waals surface area contributed by atoms with E-state index in [-0.39, 0.29) is 0 Å². The second kappa shape index (κ2) is 9.00. The zero-order valence-electron chi connectivity index (χ0n) is 11.1. The third-order valence-electron chi connectivity index (χ3n) is 3.66. The van der Waals surface area contributed by atoms with Gasteiger partial charge in [-0.05, 0) is 37.6 Å². The average Bonchev–Trinajstić information content (AvgIpc) is 2.35. The number of unbranched alkanes of at least 4 members (excludes halogenated alkanes) is 1. The molecule has 0 aromatic carbocycles. The standard InChI is InChI=1S/C14H29NO/c1-3-5-7-13(4-2)10-15-11-14-8-6-9-16-12-14/h13-15H,3-12H2,1-2H3. The van der Waals surface area contributed by atoms with E-state index in [2.05, 4.69) is 19.2 Å². The molecule has 0 bridgehead atoms. The van der Waals surface area contributed by atoms with Crippen molar-refractivity contribution in [2.45, 2.75) is 52.4 Å². The fourth-order valence-electron chi connectivity index (χ4n) is 2.40. The molecular formula is C14H29NO. The Morgan fingerprint density at radius 2 is 2.25 bits per heavy atom. The third-order valence-corrected chi connectivity index (χ3v) is 3.66. The summed E-state index contributed by atoms with van der Waals surface area (Å²) in [6.07, 6.45) is 8.01. The molecule has 0 aromatic heterocycles. The predicted molar refractivity (Wildman–Crippen MR) is 69.7 cm³/mol. The van der Waals surface area contributed by atoms with Gasteiger partial charge in [0.25, 0.3) is 0 Å². The Bertz CT molecular complexity index is 155. The molecule has 1 aliphatic heterocycles. The molecule has 0 amide bonds. The normalized spacial score (nSPS) is 23.2. The summed E-state index contributed by atoms with van der Waals surface area (Å²) >= 11 is 0. The van der Waals surface area contributed by atoms with Crippen LogP contribution in [-0.2, 0) is 4.74 Å². The Morgan fingerprint density at radius 3 is 2.88 bits per heavy atom. The fraction of sp³-hybridized carbons (Fsp3) is 1.00. The lowest BCUT2D eigenvalue weighted by atomic mass is 9.98. The van der Waals surface area contributed by atoms with Crippen LogP contribution in [0, 0.1) is 11.8 Å². The van der Waals surface area contributed by atoms with Crippen molar-refractivity contribution in [1.29, 1.82) is 0 Å².